The Kier molecular flexibility index (Phi) is 3.74. The molecule has 0 spiro atoms. The highest BCUT2D eigenvalue weighted by Crippen LogP contribution is 2.65. The van der Waals surface area contributed by atoms with Gasteiger partial charge in [-0.1, -0.05) is 13.8 Å². The molecule has 4 heteroatoms. The highest BCUT2D eigenvalue weighted by Gasteiger charge is 2.61. The molecule has 0 aromatic heterocycles. The van der Waals surface area contributed by atoms with Gasteiger partial charge in [0.05, 0.1) is 13.0 Å². The third kappa shape index (κ3) is 2.10. The molecule has 4 rings (SSSR count). The summed E-state index contributed by atoms with van der Waals surface area (Å²) in [5, 5.41) is 3.28. The fraction of sp³-hybridized carbons (Fsp3) is 0.900. The van der Waals surface area contributed by atoms with E-state index in [0.717, 1.165) is 31.6 Å². The van der Waals surface area contributed by atoms with Crippen LogP contribution in [0.4, 0.5) is 0 Å². The Bertz CT molecular complexity index is 561. The third-order valence-electron chi connectivity index (χ3n) is 8.58. The largest absolute Gasteiger partial charge is 0.469 e. The average molecular weight is 333 g/mol. The van der Waals surface area contributed by atoms with Crippen molar-refractivity contribution in [3.05, 3.63) is 0 Å². The number of carbonyl (C=O) groups is 2. The first-order chi connectivity index (χ1) is 11.4. The van der Waals surface area contributed by atoms with E-state index in [2.05, 4.69) is 19.2 Å². The molecule has 1 aliphatic heterocycles. The number of esters is 1. The van der Waals surface area contributed by atoms with Gasteiger partial charge in [-0.25, -0.2) is 0 Å². The van der Waals surface area contributed by atoms with Crippen molar-refractivity contribution in [3.8, 4) is 0 Å². The van der Waals surface area contributed by atoms with Gasteiger partial charge in [0.2, 0.25) is 5.91 Å². The van der Waals surface area contributed by atoms with Gasteiger partial charge < -0.3 is 10.1 Å². The maximum atomic E-state index is 12.3. The zero-order valence-electron chi connectivity index (χ0n) is 15.3. The number of ether oxygens (including phenoxy) is 1. The summed E-state index contributed by atoms with van der Waals surface area (Å²) in [6.07, 6.45) is 8.54. The van der Waals surface area contributed by atoms with Gasteiger partial charge in [0.1, 0.15) is 0 Å². The molecule has 4 aliphatic rings. The Balaban J connectivity index is 1.61. The van der Waals surface area contributed by atoms with Crippen LogP contribution in [0.2, 0.25) is 0 Å². The molecule has 6 unspecified atom stereocenters. The molecule has 0 aromatic carbocycles. The normalized spacial score (nSPS) is 50.3. The summed E-state index contributed by atoms with van der Waals surface area (Å²) in [6, 6.07) is 0.363. The molecule has 1 heterocycles. The lowest BCUT2D eigenvalue weighted by atomic mass is 9.47. The summed E-state index contributed by atoms with van der Waals surface area (Å²) in [5.41, 5.74) is 0.372. The number of methoxy groups -OCH3 is 1. The van der Waals surface area contributed by atoms with Gasteiger partial charge in [-0.05, 0) is 73.5 Å². The van der Waals surface area contributed by atoms with Crippen molar-refractivity contribution in [1.29, 1.82) is 0 Å². The summed E-state index contributed by atoms with van der Waals surface area (Å²) >= 11 is 0. The lowest BCUT2D eigenvalue weighted by Gasteiger charge is -2.60. The molecule has 1 saturated heterocycles. The summed E-state index contributed by atoms with van der Waals surface area (Å²) < 4.78 is 5.12. The van der Waals surface area contributed by atoms with Crippen molar-refractivity contribution in [2.24, 2.45) is 34.5 Å². The Hall–Kier alpha value is -1.06. The Morgan fingerprint density at radius 1 is 1.04 bits per heavy atom. The molecule has 0 radical (unpaired) electrons. The summed E-state index contributed by atoms with van der Waals surface area (Å²) in [6.45, 7) is 4.77. The lowest BCUT2D eigenvalue weighted by Crippen LogP contribution is -2.61. The van der Waals surface area contributed by atoms with E-state index in [4.69, 9.17) is 4.74 Å². The molecule has 134 valence electrons. The van der Waals surface area contributed by atoms with Crippen LogP contribution >= 0.6 is 0 Å². The molecule has 24 heavy (non-hydrogen) atoms. The van der Waals surface area contributed by atoms with Crippen LogP contribution in [0.25, 0.3) is 0 Å². The van der Waals surface area contributed by atoms with Gasteiger partial charge in [0.25, 0.3) is 0 Å². The number of hydrogen-bond donors (Lipinski definition) is 1. The van der Waals surface area contributed by atoms with E-state index in [1.807, 2.05) is 0 Å². The van der Waals surface area contributed by atoms with Gasteiger partial charge in [0, 0.05) is 12.5 Å². The van der Waals surface area contributed by atoms with Crippen molar-refractivity contribution in [1.82, 2.24) is 5.32 Å². The molecule has 1 N–H and O–H groups in total. The fourth-order valence-corrected chi connectivity index (χ4v) is 7.23. The van der Waals surface area contributed by atoms with E-state index in [1.165, 1.54) is 26.4 Å². The van der Waals surface area contributed by atoms with Crippen LogP contribution in [0.3, 0.4) is 0 Å². The average Bonchev–Trinajstić information content (AvgIpc) is 2.92. The van der Waals surface area contributed by atoms with E-state index >= 15 is 0 Å². The predicted octanol–water partition coefficient (Wildman–Crippen LogP) is 3.30. The van der Waals surface area contributed by atoms with E-state index in [-0.39, 0.29) is 28.6 Å². The van der Waals surface area contributed by atoms with Crippen LogP contribution in [0.5, 0.6) is 0 Å². The number of nitrogens with one attached hydrogen (secondary N) is 1. The van der Waals surface area contributed by atoms with Crippen LogP contribution in [0.1, 0.15) is 65.2 Å². The number of rotatable bonds is 1. The zero-order chi connectivity index (χ0) is 17.1. The van der Waals surface area contributed by atoms with Crippen molar-refractivity contribution in [2.75, 3.05) is 7.11 Å². The van der Waals surface area contributed by atoms with E-state index < -0.39 is 0 Å². The topological polar surface area (TPSA) is 55.4 Å². The lowest BCUT2D eigenvalue weighted by molar-refractivity contribution is -0.155. The highest BCUT2D eigenvalue weighted by molar-refractivity contribution is 5.77. The smallest absolute Gasteiger partial charge is 0.309 e. The van der Waals surface area contributed by atoms with Crippen LogP contribution in [0, 0.1) is 34.5 Å². The second-order valence-electron chi connectivity index (χ2n) is 9.28. The minimum absolute atomic E-state index is 0.00303. The van der Waals surface area contributed by atoms with Crippen molar-refractivity contribution in [3.63, 3.8) is 0 Å². The first-order valence-corrected chi connectivity index (χ1v) is 9.77. The molecule has 0 bridgehead atoms. The molecule has 4 nitrogen and oxygen atoms in total. The first-order valence-electron chi connectivity index (χ1n) is 9.77. The second-order valence-corrected chi connectivity index (χ2v) is 9.28. The third-order valence-corrected chi connectivity index (χ3v) is 8.58. The molecule has 4 fully saturated rings. The Labute approximate surface area is 145 Å². The number of hydrogen-bond acceptors (Lipinski definition) is 3. The fourth-order valence-electron chi connectivity index (χ4n) is 7.23. The molecular weight excluding hydrogens is 302 g/mol. The quantitative estimate of drug-likeness (QED) is 0.749. The monoisotopic (exact) mass is 333 g/mol. The summed E-state index contributed by atoms with van der Waals surface area (Å²) in [7, 11) is 1.53. The van der Waals surface area contributed by atoms with Gasteiger partial charge >= 0.3 is 5.97 Å². The van der Waals surface area contributed by atoms with Crippen LogP contribution < -0.4 is 5.32 Å². The Morgan fingerprint density at radius 2 is 1.79 bits per heavy atom. The molecule has 3 aliphatic carbocycles. The van der Waals surface area contributed by atoms with Crippen molar-refractivity contribution in [2.45, 2.75) is 71.3 Å². The number of carbonyl (C=O) groups excluding carboxylic acids is 2. The van der Waals surface area contributed by atoms with E-state index in [9.17, 15) is 9.59 Å². The predicted molar refractivity (Wildman–Crippen MR) is 91.1 cm³/mol. The first kappa shape index (κ1) is 16.4. The molecule has 1 amide bonds. The molecule has 3 saturated carbocycles. The van der Waals surface area contributed by atoms with Crippen molar-refractivity contribution < 1.29 is 14.3 Å². The van der Waals surface area contributed by atoms with Crippen LogP contribution in [-0.4, -0.2) is 25.0 Å². The van der Waals surface area contributed by atoms with Crippen LogP contribution in [-0.2, 0) is 14.3 Å². The van der Waals surface area contributed by atoms with Gasteiger partial charge in [-0.2, -0.15) is 0 Å². The van der Waals surface area contributed by atoms with Gasteiger partial charge in [-0.15, -0.1) is 0 Å². The van der Waals surface area contributed by atoms with Gasteiger partial charge in [-0.3, -0.25) is 9.59 Å². The van der Waals surface area contributed by atoms with Crippen LogP contribution in [0.15, 0.2) is 0 Å². The SMILES string of the molecule is COC(=O)C1CCC2C3CCC4NC(=O)CC[C@]4(C)C3CCC12C. The zero-order valence-corrected chi connectivity index (χ0v) is 15.3. The maximum Gasteiger partial charge on any atom is 0.309 e. The maximum absolute atomic E-state index is 12.3. The number of piperidine rings is 1. The molecule has 7 atom stereocenters. The number of fused-ring (bicyclic) bond motifs is 5. The van der Waals surface area contributed by atoms with Crippen molar-refractivity contribution >= 4 is 11.9 Å². The van der Waals surface area contributed by atoms with E-state index in [0.29, 0.717) is 24.3 Å². The molecular formula is C20H31NO3. The minimum atomic E-state index is 0.00303. The highest BCUT2D eigenvalue weighted by atomic mass is 16.5. The standard InChI is InChI=1S/C20H31NO3/c1-19-10-8-14-12(13(19)5-6-15(19)18(23)24-3)4-7-16-20(14,2)11-9-17(22)21-16/h12-16H,4-11H2,1-3H3,(H,21,22)/t12?,13?,14?,15?,16?,19?,20-/m1/s1. The van der Waals surface area contributed by atoms with E-state index in [1.54, 1.807) is 0 Å². The minimum Gasteiger partial charge on any atom is -0.469 e. The molecule has 0 aromatic rings. The second kappa shape index (κ2) is 5.47. The van der Waals surface area contributed by atoms with Gasteiger partial charge in [0.15, 0.2) is 0 Å². The Morgan fingerprint density at radius 3 is 2.54 bits per heavy atom. The number of amides is 1. The summed E-state index contributed by atoms with van der Waals surface area (Å²) in [4.78, 5) is 24.1. The summed E-state index contributed by atoms with van der Waals surface area (Å²) in [5.74, 6) is 2.40.